The standard InChI is InChI=1S/C21H20N4/c1-16-12-21(19-4-2-3-5-20(19)24-16)23-13-17-6-8-18(9-7-17)14-25-11-10-22-15-25/h2-12,15H,13-14H2,1H3,(H,23,24). The van der Waals surface area contributed by atoms with Crippen LogP contribution in [0.3, 0.4) is 0 Å². The smallest absolute Gasteiger partial charge is 0.0949 e. The van der Waals surface area contributed by atoms with Crippen molar-refractivity contribution in [3.63, 3.8) is 0 Å². The van der Waals surface area contributed by atoms with Gasteiger partial charge in [0.05, 0.1) is 11.8 Å². The van der Waals surface area contributed by atoms with Gasteiger partial charge in [0.15, 0.2) is 0 Å². The first-order valence-corrected chi connectivity index (χ1v) is 8.42. The number of hydrogen-bond acceptors (Lipinski definition) is 3. The number of benzene rings is 2. The highest BCUT2D eigenvalue weighted by Crippen LogP contribution is 2.23. The van der Waals surface area contributed by atoms with E-state index in [1.807, 2.05) is 25.5 Å². The molecular formula is C21H20N4. The van der Waals surface area contributed by atoms with Crippen LogP contribution in [0.2, 0.25) is 0 Å². The molecule has 4 aromatic rings. The maximum atomic E-state index is 4.59. The predicted octanol–water partition coefficient (Wildman–Crippen LogP) is 4.40. The van der Waals surface area contributed by atoms with Crippen molar-refractivity contribution in [2.45, 2.75) is 20.0 Å². The van der Waals surface area contributed by atoms with E-state index in [2.05, 4.69) is 68.4 Å². The first-order chi connectivity index (χ1) is 12.3. The molecule has 0 fully saturated rings. The predicted molar refractivity (Wildman–Crippen MR) is 102 cm³/mol. The highest BCUT2D eigenvalue weighted by atomic mass is 15.0. The lowest BCUT2D eigenvalue weighted by atomic mass is 10.1. The molecule has 4 nitrogen and oxygen atoms in total. The van der Waals surface area contributed by atoms with Crippen LogP contribution in [0.15, 0.2) is 73.3 Å². The summed E-state index contributed by atoms with van der Waals surface area (Å²) in [6.07, 6.45) is 5.62. The fourth-order valence-corrected chi connectivity index (χ4v) is 3.00. The Hall–Kier alpha value is -3.14. The van der Waals surface area contributed by atoms with Gasteiger partial charge in [0.2, 0.25) is 0 Å². The number of aromatic nitrogens is 3. The van der Waals surface area contributed by atoms with E-state index in [1.165, 1.54) is 11.1 Å². The third kappa shape index (κ3) is 3.53. The number of aryl methyl sites for hydroxylation is 1. The second-order valence-electron chi connectivity index (χ2n) is 6.23. The van der Waals surface area contributed by atoms with Crippen LogP contribution in [0.1, 0.15) is 16.8 Å². The molecule has 0 aliphatic rings. The molecule has 0 radical (unpaired) electrons. The van der Waals surface area contributed by atoms with Crippen molar-refractivity contribution in [1.82, 2.24) is 14.5 Å². The number of fused-ring (bicyclic) bond motifs is 1. The van der Waals surface area contributed by atoms with Gasteiger partial charge < -0.3 is 9.88 Å². The summed E-state index contributed by atoms with van der Waals surface area (Å²) in [5, 5.41) is 4.71. The van der Waals surface area contributed by atoms with Crippen LogP contribution in [-0.2, 0) is 13.1 Å². The van der Waals surface area contributed by atoms with Crippen molar-refractivity contribution in [2.24, 2.45) is 0 Å². The van der Waals surface area contributed by atoms with E-state index >= 15 is 0 Å². The van der Waals surface area contributed by atoms with Crippen molar-refractivity contribution in [3.8, 4) is 0 Å². The average Bonchev–Trinajstić information content (AvgIpc) is 3.14. The van der Waals surface area contributed by atoms with Crippen LogP contribution < -0.4 is 5.32 Å². The molecule has 0 amide bonds. The highest BCUT2D eigenvalue weighted by Gasteiger charge is 2.03. The fraction of sp³-hybridized carbons (Fsp3) is 0.143. The zero-order chi connectivity index (χ0) is 17.1. The Kier molecular flexibility index (Phi) is 4.17. The molecule has 25 heavy (non-hydrogen) atoms. The zero-order valence-corrected chi connectivity index (χ0v) is 14.2. The van der Waals surface area contributed by atoms with Crippen LogP contribution in [-0.4, -0.2) is 14.5 Å². The zero-order valence-electron chi connectivity index (χ0n) is 14.2. The van der Waals surface area contributed by atoms with E-state index in [0.717, 1.165) is 35.4 Å². The molecule has 2 aromatic heterocycles. The second-order valence-corrected chi connectivity index (χ2v) is 6.23. The Morgan fingerprint density at radius 1 is 1.00 bits per heavy atom. The van der Waals surface area contributed by atoms with Crippen molar-refractivity contribution in [1.29, 1.82) is 0 Å². The van der Waals surface area contributed by atoms with Crippen molar-refractivity contribution in [2.75, 3.05) is 5.32 Å². The second kappa shape index (κ2) is 6.77. The topological polar surface area (TPSA) is 42.7 Å². The largest absolute Gasteiger partial charge is 0.380 e. The first kappa shape index (κ1) is 15.4. The third-order valence-electron chi connectivity index (χ3n) is 4.27. The number of nitrogens with zero attached hydrogens (tertiary/aromatic N) is 3. The number of para-hydroxylation sites is 1. The molecule has 4 heteroatoms. The Morgan fingerprint density at radius 3 is 2.60 bits per heavy atom. The lowest BCUT2D eigenvalue weighted by Crippen LogP contribution is -2.02. The van der Waals surface area contributed by atoms with Crippen molar-refractivity contribution in [3.05, 3.63) is 90.1 Å². The molecule has 0 saturated carbocycles. The normalized spacial score (nSPS) is 10.9. The van der Waals surface area contributed by atoms with Crippen LogP contribution >= 0.6 is 0 Å². The summed E-state index contributed by atoms with van der Waals surface area (Å²) in [7, 11) is 0. The molecule has 0 saturated heterocycles. The van der Waals surface area contributed by atoms with Gasteiger partial charge in [0.1, 0.15) is 0 Å². The summed E-state index contributed by atoms with van der Waals surface area (Å²) < 4.78 is 2.07. The Labute approximate surface area is 147 Å². The quantitative estimate of drug-likeness (QED) is 0.590. The van der Waals surface area contributed by atoms with Gasteiger partial charge >= 0.3 is 0 Å². The molecule has 0 bridgehead atoms. The third-order valence-corrected chi connectivity index (χ3v) is 4.27. The SMILES string of the molecule is Cc1cc(NCc2ccc(Cn3ccnc3)cc2)c2ccccc2n1. The number of rotatable bonds is 5. The minimum Gasteiger partial charge on any atom is -0.380 e. The number of nitrogens with one attached hydrogen (secondary N) is 1. The molecule has 0 aliphatic carbocycles. The first-order valence-electron chi connectivity index (χ1n) is 8.42. The summed E-state index contributed by atoms with van der Waals surface area (Å²) in [4.78, 5) is 8.67. The van der Waals surface area contributed by atoms with Gasteiger partial charge in [-0.2, -0.15) is 0 Å². The number of anilines is 1. The van der Waals surface area contributed by atoms with Gasteiger partial charge in [-0.05, 0) is 30.2 Å². The van der Waals surface area contributed by atoms with Crippen molar-refractivity contribution < 1.29 is 0 Å². The molecule has 2 aromatic carbocycles. The Morgan fingerprint density at radius 2 is 1.80 bits per heavy atom. The molecule has 1 N–H and O–H groups in total. The van der Waals surface area contributed by atoms with Crippen LogP contribution in [0.4, 0.5) is 5.69 Å². The maximum Gasteiger partial charge on any atom is 0.0949 e. The minimum absolute atomic E-state index is 0.790. The molecule has 4 rings (SSSR count). The average molecular weight is 328 g/mol. The van der Waals surface area contributed by atoms with E-state index in [1.54, 1.807) is 6.20 Å². The Balaban J connectivity index is 1.48. The van der Waals surface area contributed by atoms with E-state index in [9.17, 15) is 0 Å². The summed E-state index contributed by atoms with van der Waals surface area (Å²) in [5.41, 5.74) is 5.71. The fourth-order valence-electron chi connectivity index (χ4n) is 3.00. The van der Waals surface area contributed by atoms with Gasteiger partial charge in [-0.3, -0.25) is 4.98 Å². The van der Waals surface area contributed by atoms with Crippen LogP contribution in [0.5, 0.6) is 0 Å². The Bertz CT molecular complexity index is 973. The highest BCUT2D eigenvalue weighted by molar-refractivity contribution is 5.91. The van der Waals surface area contributed by atoms with Crippen LogP contribution in [0.25, 0.3) is 10.9 Å². The number of imidazole rings is 1. The molecule has 2 heterocycles. The molecule has 124 valence electrons. The summed E-state index contributed by atoms with van der Waals surface area (Å²) in [5.74, 6) is 0. The molecule has 0 spiro atoms. The number of hydrogen-bond donors (Lipinski definition) is 1. The van der Waals surface area contributed by atoms with Gasteiger partial charge in [-0.1, -0.05) is 42.5 Å². The van der Waals surface area contributed by atoms with Crippen molar-refractivity contribution >= 4 is 16.6 Å². The lowest BCUT2D eigenvalue weighted by molar-refractivity contribution is 0.797. The molecule has 0 atom stereocenters. The van der Waals surface area contributed by atoms with E-state index in [0.29, 0.717) is 0 Å². The maximum absolute atomic E-state index is 4.59. The number of pyridine rings is 1. The summed E-state index contributed by atoms with van der Waals surface area (Å²) in [6.45, 7) is 3.67. The summed E-state index contributed by atoms with van der Waals surface area (Å²) in [6, 6.07) is 19.0. The van der Waals surface area contributed by atoms with E-state index < -0.39 is 0 Å². The van der Waals surface area contributed by atoms with E-state index in [4.69, 9.17) is 0 Å². The summed E-state index contributed by atoms with van der Waals surface area (Å²) >= 11 is 0. The monoisotopic (exact) mass is 328 g/mol. The van der Waals surface area contributed by atoms with Gasteiger partial charge in [0.25, 0.3) is 0 Å². The minimum atomic E-state index is 0.790. The lowest BCUT2D eigenvalue weighted by Gasteiger charge is -2.11. The van der Waals surface area contributed by atoms with Gasteiger partial charge in [0, 0.05) is 42.3 Å². The van der Waals surface area contributed by atoms with Gasteiger partial charge in [-0.25, -0.2) is 4.98 Å². The van der Waals surface area contributed by atoms with Crippen LogP contribution in [0, 0.1) is 6.92 Å². The molecule has 0 unspecified atom stereocenters. The molecular weight excluding hydrogens is 308 g/mol. The van der Waals surface area contributed by atoms with Gasteiger partial charge in [-0.15, -0.1) is 0 Å². The van der Waals surface area contributed by atoms with E-state index in [-0.39, 0.29) is 0 Å². The molecule has 0 aliphatic heterocycles.